The zero-order valence-corrected chi connectivity index (χ0v) is 22.4. The molecule has 0 atom stereocenters. The third-order valence-corrected chi connectivity index (χ3v) is 6.37. The summed E-state index contributed by atoms with van der Waals surface area (Å²) < 4.78 is 13.1. The van der Waals surface area contributed by atoms with E-state index in [-0.39, 0.29) is 5.91 Å². The number of amides is 1. The van der Waals surface area contributed by atoms with Gasteiger partial charge in [0.25, 0.3) is 5.91 Å². The van der Waals surface area contributed by atoms with Crippen LogP contribution in [0.2, 0.25) is 0 Å². The smallest absolute Gasteiger partial charge is 0.259 e. The molecule has 0 saturated carbocycles. The number of aromatic nitrogens is 4. The lowest BCUT2D eigenvalue weighted by atomic mass is 10.1. The Labute approximate surface area is 226 Å². The first-order valence-electron chi connectivity index (χ1n) is 12.2. The molecule has 0 fully saturated rings. The molecule has 5 rings (SSSR count). The number of hydrogen-bond donors (Lipinski definition) is 2. The molecular formula is C29H29N7O3. The second kappa shape index (κ2) is 10.7. The van der Waals surface area contributed by atoms with Gasteiger partial charge in [0, 0.05) is 62.3 Å². The fourth-order valence-electron chi connectivity index (χ4n) is 4.46. The maximum absolute atomic E-state index is 13.2. The van der Waals surface area contributed by atoms with Crippen molar-refractivity contribution < 1.29 is 14.3 Å². The van der Waals surface area contributed by atoms with Crippen LogP contribution in [0.1, 0.15) is 10.4 Å². The van der Waals surface area contributed by atoms with Crippen molar-refractivity contribution in [3.05, 3.63) is 78.9 Å². The fraction of sp³-hybridized carbons (Fsp3) is 0.172. The summed E-state index contributed by atoms with van der Waals surface area (Å²) in [6, 6.07) is 15.3. The quantitative estimate of drug-likeness (QED) is 0.289. The standard InChI is InChI=1S/C29H29N7O3/c1-35(2)25-15-26(38-4)23(14-22(25)32-28(37)19-10-12-30-16-27(19)39-5)34-29-31-13-11-21(33-29)20-17-36(3)24-9-7-6-8-18(20)24/h6-17H,1-5H3,(H,32,37)(H,31,33,34). The van der Waals surface area contributed by atoms with Gasteiger partial charge in [0.05, 0.1) is 48.7 Å². The molecule has 3 heterocycles. The number of ether oxygens (including phenoxy) is 2. The van der Waals surface area contributed by atoms with Gasteiger partial charge in [-0.25, -0.2) is 9.97 Å². The summed E-state index contributed by atoms with van der Waals surface area (Å²) in [6.45, 7) is 0. The molecular weight excluding hydrogens is 494 g/mol. The number of nitrogens with zero attached hydrogens (tertiary/aromatic N) is 5. The lowest BCUT2D eigenvalue weighted by Gasteiger charge is -2.21. The van der Waals surface area contributed by atoms with Crippen LogP contribution in [0.4, 0.5) is 23.0 Å². The fourth-order valence-corrected chi connectivity index (χ4v) is 4.46. The van der Waals surface area contributed by atoms with Crippen molar-refractivity contribution in [3.63, 3.8) is 0 Å². The summed E-state index contributed by atoms with van der Waals surface area (Å²) in [4.78, 5) is 28.3. The van der Waals surface area contributed by atoms with Crippen molar-refractivity contribution in [1.82, 2.24) is 19.5 Å². The number of anilines is 4. The molecule has 10 heteroatoms. The van der Waals surface area contributed by atoms with E-state index in [1.807, 2.05) is 50.3 Å². The summed E-state index contributed by atoms with van der Waals surface area (Å²) in [5, 5.41) is 7.37. The first-order valence-corrected chi connectivity index (χ1v) is 12.2. The van der Waals surface area contributed by atoms with Gasteiger partial charge in [-0.2, -0.15) is 0 Å². The van der Waals surface area contributed by atoms with Crippen LogP contribution in [-0.4, -0.2) is 53.7 Å². The minimum Gasteiger partial charge on any atom is -0.494 e. The highest BCUT2D eigenvalue weighted by Crippen LogP contribution is 2.38. The zero-order chi connectivity index (χ0) is 27.5. The van der Waals surface area contributed by atoms with Crippen LogP contribution in [0, 0.1) is 0 Å². The third kappa shape index (κ3) is 5.04. The number of rotatable bonds is 8. The maximum Gasteiger partial charge on any atom is 0.259 e. The largest absolute Gasteiger partial charge is 0.494 e. The number of carbonyl (C=O) groups is 1. The molecule has 0 radical (unpaired) electrons. The third-order valence-electron chi connectivity index (χ3n) is 6.37. The highest BCUT2D eigenvalue weighted by molar-refractivity contribution is 6.08. The van der Waals surface area contributed by atoms with Crippen LogP contribution in [0.25, 0.3) is 22.2 Å². The molecule has 0 aliphatic heterocycles. The molecule has 10 nitrogen and oxygen atoms in total. The summed E-state index contributed by atoms with van der Waals surface area (Å²) in [6.07, 6.45) is 6.82. The van der Waals surface area contributed by atoms with E-state index in [1.54, 1.807) is 31.6 Å². The molecule has 1 amide bonds. The SMILES string of the molecule is COc1cc(N(C)C)c(NC(=O)c2ccncc2OC)cc1Nc1nccc(-c2cn(C)c3ccccc23)n1. The number of benzene rings is 2. The number of carbonyl (C=O) groups excluding carboxylic acids is 1. The van der Waals surface area contributed by atoms with Crippen LogP contribution >= 0.6 is 0 Å². The van der Waals surface area contributed by atoms with E-state index in [0.717, 1.165) is 27.8 Å². The van der Waals surface area contributed by atoms with Gasteiger partial charge in [0.1, 0.15) is 11.5 Å². The average Bonchev–Trinajstić information content (AvgIpc) is 3.29. The molecule has 3 aromatic heterocycles. The second-order valence-electron chi connectivity index (χ2n) is 9.06. The predicted octanol–water partition coefficient (Wildman–Crippen LogP) is 5.11. The summed E-state index contributed by atoms with van der Waals surface area (Å²) in [5.41, 5.74) is 5.19. The Balaban J connectivity index is 1.51. The Morgan fingerprint density at radius 3 is 2.54 bits per heavy atom. The first-order chi connectivity index (χ1) is 18.9. The molecule has 198 valence electrons. The zero-order valence-electron chi connectivity index (χ0n) is 22.4. The van der Waals surface area contributed by atoms with Crippen molar-refractivity contribution in [3.8, 4) is 22.8 Å². The maximum atomic E-state index is 13.2. The van der Waals surface area contributed by atoms with Gasteiger partial charge in [0.15, 0.2) is 0 Å². The van der Waals surface area contributed by atoms with E-state index in [1.165, 1.54) is 13.3 Å². The molecule has 39 heavy (non-hydrogen) atoms. The minimum absolute atomic E-state index is 0.331. The molecule has 0 unspecified atom stereocenters. The van der Waals surface area contributed by atoms with Gasteiger partial charge in [-0.1, -0.05) is 18.2 Å². The van der Waals surface area contributed by atoms with Gasteiger partial charge in [0.2, 0.25) is 5.95 Å². The Bertz CT molecular complexity index is 1660. The summed E-state index contributed by atoms with van der Waals surface area (Å²) in [5.74, 6) is 1.01. The molecule has 0 aliphatic carbocycles. The molecule has 0 saturated heterocycles. The molecule has 0 spiro atoms. The van der Waals surface area contributed by atoms with Crippen molar-refractivity contribution in [2.24, 2.45) is 7.05 Å². The number of hydrogen-bond acceptors (Lipinski definition) is 8. The van der Waals surface area contributed by atoms with Gasteiger partial charge < -0.3 is 29.6 Å². The van der Waals surface area contributed by atoms with Crippen LogP contribution in [0.15, 0.2) is 73.3 Å². The Kier molecular flexibility index (Phi) is 7.00. The number of pyridine rings is 1. The van der Waals surface area contributed by atoms with Gasteiger partial charge in [-0.05, 0) is 24.3 Å². The Morgan fingerprint density at radius 1 is 0.974 bits per heavy atom. The average molecular weight is 524 g/mol. The van der Waals surface area contributed by atoms with Crippen LogP contribution < -0.4 is 25.0 Å². The van der Waals surface area contributed by atoms with Gasteiger partial charge in [-0.15, -0.1) is 0 Å². The van der Waals surface area contributed by atoms with Crippen molar-refractivity contribution in [1.29, 1.82) is 0 Å². The van der Waals surface area contributed by atoms with Crippen LogP contribution in [0.5, 0.6) is 11.5 Å². The van der Waals surface area contributed by atoms with Crippen LogP contribution in [0.3, 0.4) is 0 Å². The Hall–Kier alpha value is -5.12. The van der Waals surface area contributed by atoms with E-state index >= 15 is 0 Å². The van der Waals surface area contributed by atoms with Gasteiger partial charge in [-0.3, -0.25) is 9.78 Å². The summed E-state index contributed by atoms with van der Waals surface area (Å²) >= 11 is 0. The van der Waals surface area contributed by atoms with Crippen LogP contribution in [-0.2, 0) is 7.05 Å². The van der Waals surface area contributed by atoms with Crippen molar-refractivity contribution in [2.75, 3.05) is 43.8 Å². The lowest BCUT2D eigenvalue weighted by Crippen LogP contribution is -2.18. The molecule has 5 aromatic rings. The van der Waals surface area contributed by atoms with E-state index in [0.29, 0.717) is 34.4 Å². The highest BCUT2D eigenvalue weighted by atomic mass is 16.5. The predicted molar refractivity (Wildman–Crippen MR) is 153 cm³/mol. The van der Waals surface area contributed by atoms with Gasteiger partial charge >= 0.3 is 0 Å². The van der Waals surface area contributed by atoms with E-state index in [2.05, 4.69) is 43.5 Å². The molecule has 0 bridgehead atoms. The number of para-hydroxylation sites is 1. The monoisotopic (exact) mass is 523 g/mol. The lowest BCUT2D eigenvalue weighted by molar-refractivity contribution is 0.102. The van der Waals surface area contributed by atoms with Crippen molar-refractivity contribution in [2.45, 2.75) is 0 Å². The highest BCUT2D eigenvalue weighted by Gasteiger charge is 2.19. The second-order valence-corrected chi connectivity index (χ2v) is 9.06. The number of nitrogens with one attached hydrogen (secondary N) is 2. The molecule has 2 aromatic carbocycles. The first kappa shape index (κ1) is 25.5. The normalized spacial score (nSPS) is 10.8. The molecule has 2 N–H and O–H groups in total. The minimum atomic E-state index is -0.331. The van der Waals surface area contributed by atoms with Crippen molar-refractivity contribution >= 4 is 39.8 Å². The van der Waals surface area contributed by atoms with E-state index in [4.69, 9.17) is 14.5 Å². The topological polar surface area (TPSA) is 106 Å². The van der Waals surface area contributed by atoms with E-state index < -0.39 is 0 Å². The van der Waals surface area contributed by atoms with E-state index in [9.17, 15) is 4.79 Å². The number of aryl methyl sites for hydroxylation is 1. The summed E-state index contributed by atoms with van der Waals surface area (Å²) in [7, 11) is 8.89. The number of methoxy groups -OCH3 is 2. The molecule has 0 aliphatic rings. The Morgan fingerprint density at radius 2 is 1.77 bits per heavy atom. The number of fused-ring (bicyclic) bond motifs is 1.